The fraction of sp³-hybridized carbons (Fsp3) is 0.0500. The van der Waals surface area contributed by atoms with Crippen molar-refractivity contribution in [1.82, 2.24) is 10.9 Å². The van der Waals surface area contributed by atoms with Gasteiger partial charge in [-0.3, -0.25) is 20.4 Å². The minimum absolute atomic E-state index is 0.352. The Labute approximate surface area is 149 Å². The number of rotatable bonds is 4. The Balaban J connectivity index is 1.50. The van der Waals surface area contributed by atoms with Crippen molar-refractivity contribution in [2.75, 3.05) is 6.61 Å². The number of amides is 2. The molecule has 3 aromatic carbocycles. The number of nitrogens with one attached hydrogen (secondary N) is 2. The second-order valence-electron chi connectivity index (χ2n) is 5.51. The Morgan fingerprint density at radius 3 is 2.19 bits per heavy atom. The molecular formula is C20H16N2O4. The zero-order chi connectivity index (χ0) is 18.4. The molecule has 0 heterocycles. The highest BCUT2D eigenvalue weighted by Crippen LogP contribution is 2.16. The van der Waals surface area contributed by atoms with E-state index in [1.807, 2.05) is 30.3 Å². The van der Waals surface area contributed by atoms with Crippen LogP contribution in [0.4, 0.5) is 0 Å². The first-order valence-electron chi connectivity index (χ1n) is 7.93. The van der Waals surface area contributed by atoms with Gasteiger partial charge in [-0.1, -0.05) is 48.5 Å². The highest BCUT2D eigenvalue weighted by atomic mass is 16.5. The standard InChI is InChI=1S/C20H16N2O4/c23-18(21-22-19(24)15-7-2-1-3-8-15)13-26-20(25)17-11-10-14-6-4-5-9-16(14)12-17/h1-12H,13H2,(H,21,23)(H,22,24). The quantitative estimate of drug-likeness (QED) is 0.560. The maximum absolute atomic E-state index is 12.1. The Kier molecular flexibility index (Phi) is 5.24. The van der Waals surface area contributed by atoms with Gasteiger partial charge in [0.25, 0.3) is 11.8 Å². The molecule has 3 aromatic rings. The largest absolute Gasteiger partial charge is 0.452 e. The normalized spacial score (nSPS) is 10.2. The third-order valence-electron chi connectivity index (χ3n) is 3.67. The Hall–Kier alpha value is -3.67. The number of ether oxygens (including phenoxy) is 1. The van der Waals surface area contributed by atoms with Gasteiger partial charge in [-0.25, -0.2) is 4.79 Å². The molecule has 0 aliphatic rings. The van der Waals surface area contributed by atoms with E-state index in [4.69, 9.17) is 4.74 Å². The van der Waals surface area contributed by atoms with Crippen LogP contribution < -0.4 is 10.9 Å². The van der Waals surface area contributed by atoms with Gasteiger partial charge in [0.2, 0.25) is 0 Å². The summed E-state index contributed by atoms with van der Waals surface area (Å²) in [5.74, 6) is -1.71. The van der Waals surface area contributed by atoms with E-state index in [1.54, 1.807) is 42.5 Å². The molecule has 6 heteroatoms. The predicted octanol–water partition coefficient (Wildman–Crippen LogP) is 2.46. The van der Waals surface area contributed by atoms with Crippen molar-refractivity contribution >= 4 is 28.6 Å². The van der Waals surface area contributed by atoms with Crippen molar-refractivity contribution in [3.8, 4) is 0 Å². The molecule has 0 atom stereocenters. The van der Waals surface area contributed by atoms with E-state index in [0.717, 1.165) is 10.8 Å². The lowest BCUT2D eigenvalue weighted by Gasteiger charge is -2.08. The van der Waals surface area contributed by atoms with Gasteiger partial charge in [0.15, 0.2) is 6.61 Å². The molecule has 26 heavy (non-hydrogen) atoms. The number of carbonyl (C=O) groups excluding carboxylic acids is 3. The summed E-state index contributed by atoms with van der Waals surface area (Å²) in [7, 11) is 0. The highest BCUT2D eigenvalue weighted by Gasteiger charge is 2.12. The number of hydrazine groups is 1. The molecule has 0 aliphatic heterocycles. The fourth-order valence-electron chi connectivity index (χ4n) is 2.35. The minimum Gasteiger partial charge on any atom is -0.452 e. The van der Waals surface area contributed by atoms with Crippen LogP contribution in [0, 0.1) is 0 Å². The van der Waals surface area contributed by atoms with E-state index in [0.29, 0.717) is 11.1 Å². The molecule has 0 radical (unpaired) electrons. The number of carbonyl (C=O) groups is 3. The topological polar surface area (TPSA) is 84.5 Å². The van der Waals surface area contributed by atoms with Crippen LogP contribution in [0.15, 0.2) is 72.8 Å². The summed E-state index contributed by atoms with van der Waals surface area (Å²) in [6, 6.07) is 21.2. The van der Waals surface area contributed by atoms with Gasteiger partial charge >= 0.3 is 5.97 Å². The van der Waals surface area contributed by atoms with Crippen molar-refractivity contribution < 1.29 is 19.1 Å². The molecule has 130 valence electrons. The van der Waals surface area contributed by atoms with Crippen LogP contribution in [0.1, 0.15) is 20.7 Å². The third kappa shape index (κ3) is 4.24. The van der Waals surface area contributed by atoms with Crippen molar-refractivity contribution in [3.63, 3.8) is 0 Å². The van der Waals surface area contributed by atoms with Crippen LogP contribution in [0.25, 0.3) is 10.8 Å². The molecule has 0 saturated carbocycles. The lowest BCUT2D eigenvalue weighted by Crippen LogP contribution is -2.43. The zero-order valence-corrected chi connectivity index (χ0v) is 13.8. The maximum Gasteiger partial charge on any atom is 0.338 e. The lowest BCUT2D eigenvalue weighted by molar-refractivity contribution is -0.125. The summed E-state index contributed by atoms with van der Waals surface area (Å²) < 4.78 is 4.97. The molecule has 6 nitrogen and oxygen atoms in total. The average Bonchev–Trinajstić information content (AvgIpc) is 2.70. The number of benzene rings is 3. The molecular weight excluding hydrogens is 332 g/mol. The minimum atomic E-state index is -0.636. The first-order valence-corrected chi connectivity index (χ1v) is 7.93. The van der Waals surface area contributed by atoms with Gasteiger partial charge in [-0.2, -0.15) is 0 Å². The summed E-state index contributed by atoms with van der Waals surface area (Å²) in [5.41, 5.74) is 5.21. The highest BCUT2D eigenvalue weighted by molar-refractivity contribution is 5.97. The van der Waals surface area contributed by atoms with Gasteiger partial charge in [0, 0.05) is 5.56 Å². The van der Waals surface area contributed by atoms with Gasteiger partial charge in [0.05, 0.1) is 5.56 Å². The van der Waals surface area contributed by atoms with Crippen molar-refractivity contribution in [1.29, 1.82) is 0 Å². The van der Waals surface area contributed by atoms with Crippen LogP contribution in [0.2, 0.25) is 0 Å². The molecule has 2 N–H and O–H groups in total. The predicted molar refractivity (Wildman–Crippen MR) is 96.3 cm³/mol. The summed E-state index contributed by atoms with van der Waals surface area (Å²) in [4.78, 5) is 35.6. The Morgan fingerprint density at radius 2 is 1.42 bits per heavy atom. The lowest BCUT2D eigenvalue weighted by atomic mass is 10.1. The molecule has 3 rings (SSSR count). The molecule has 0 aliphatic carbocycles. The second-order valence-corrected chi connectivity index (χ2v) is 5.51. The first kappa shape index (κ1) is 17.2. The van der Waals surface area contributed by atoms with E-state index < -0.39 is 24.4 Å². The van der Waals surface area contributed by atoms with Gasteiger partial charge in [-0.05, 0) is 35.0 Å². The smallest absolute Gasteiger partial charge is 0.338 e. The molecule has 0 fully saturated rings. The number of esters is 1. The summed E-state index contributed by atoms with van der Waals surface area (Å²) >= 11 is 0. The monoisotopic (exact) mass is 348 g/mol. The summed E-state index contributed by atoms with van der Waals surface area (Å²) in [6.07, 6.45) is 0. The maximum atomic E-state index is 12.1. The summed E-state index contributed by atoms with van der Waals surface area (Å²) in [5, 5.41) is 1.91. The molecule has 0 spiro atoms. The summed E-state index contributed by atoms with van der Waals surface area (Å²) in [6.45, 7) is -0.499. The second kappa shape index (κ2) is 7.94. The van der Waals surface area contributed by atoms with Crippen molar-refractivity contribution in [2.24, 2.45) is 0 Å². The van der Waals surface area contributed by atoms with Crippen LogP contribution in [-0.2, 0) is 9.53 Å². The Bertz CT molecular complexity index is 954. The molecule has 0 unspecified atom stereocenters. The van der Waals surface area contributed by atoms with Crippen molar-refractivity contribution in [3.05, 3.63) is 83.9 Å². The van der Waals surface area contributed by atoms with Crippen molar-refractivity contribution in [2.45, 2.75) is 0 Å². The number of fused-ring (bicyclic) bond motifs is 1. The number of hydrogen-bond donors (Lipinski definition) is 2. The Morgan fingerprint density at radius 1 is 0.731 bits per heavy atom. The SMILES string of the molecule is O=C(COC(=O)c1ccc2ccccc2c1)NNC(=O)c1ccccc1. The van der Waals surface area contributed by atoms with Crippen LogP contribution in [-0.4, -0.2) is 24.4 Å². The zero-order valence-electron chi connectivity index (χ0n) is 13.8. The van der Waals surface area contributed by atoms with E-state index >= 15 is 0 Å². The molecule has 0 saturated heterocycles. The van der Waals surface area contributed by atoms with E-state index in [1.165, 1.54) is 0 Å². The van der Waals surface area contributed by atoms with Crippen LogP contribution >= 0.6 is 0 Å². The third-order valence-corrected chi connectivity index (χ3v) is 3.67. The van der Waals surface area contributed by atoms with Gasteiger partial charge in [-0.15, -0.1) is 0 Å². The number of hydrogen-bond acceptors (Lipinski definition) is 4. The average molecular weight is 348 g/mol. The van der Waals surface area contributed by atoms with Gasteiger partial charge in [0.1, 0.15) is 0 Å². The van der Waals surface area contributed by atoms with Gasteiger partial charge < -0.3 is 4.74 Å². The molecule has 0 bridgehead atoms. The van der Waals surface area contributed by atoms with E-state index in [2.05, 4.69) is 10.9 Å². The molecule has 2 amide bonds. The first-order chi connectivity index (χ1) is 12.6. The van der Waals surface area contributed by atoms with Crippen LogP contribution in [0.5, 0.6) is 0 Å². The van der Waals surface area contributed by atoms with E-state index in [9.17, 15) is 14.4 Å². The van der Waals surface area contributed by atoms with Crippen LogP contribution in [0.3, 0.4) is 0 Å². The fourth-order valence-corrected chi connectivity index (χ4v) is 2.35. The molecule has 0 aromatic heterocycles. The van der Waals surface area contributed by atoms with E-state index in [-0.39, 0.29) is 0 Å².